The predicted molar refractivity (Wildman–Crippen MR) is 95.1 cm³/mol. The van der Waals surface area contributed by atoms with Gasteiger partial charge in [-0.2, -0.15) is 0 Å². The SMILES string of the molecule is C=C(C)C(=O)OC.C=C(C)C(=O)OCCCCCCCC(C)C. The molecule has 0 aromatic heterocycles. The molecule has 4 nitrogen and oxygen atoms in total. The number of carbonyl (C=O) groups is 2. The van der Waals surface area contributed by atoms with E-state index in [4.69, 9.17) is 4.74 Å². The van der Waals surface area contributed by atoms with E-state index in [1.807, 2.05) is 0 Å². The van der Waals surface area contributed by atoms with E-state index in [0.717, 1.165) is 18.8 Å². The summed E-state index contributed by atoms with van der Waals surface area (Å²) < 4.78 is 9.28. The Morgan fingerprint density at radius 3 is 1.74 bits per heavy atom. The first-order chi connectivity index (χ1) is 10.7. The van der Waals surface area contributed by atoms with Gasteiger partial charge in [-0.1, -0.05) is 59.1 Å². The quantitative estimate of drug-likeness (QED) is 0.327. The largest absolute Gasteiger partial charge is 0.466 e. The second-order valence-corrected chi connectivity index (χ2v) is 6.14. The second kappa shape index (κ2) is 15.3. The first kappa shape index (κ1) is 23.7. The molecule has 0 spiro atoms. The number of rotatable bonds is 10. The zero-order chi connectivity index (χ0) is 18.3. The number of hydrogen-bond acceptors (Lipinski definition) is 4. The second-order valence-electron chi connectivity index (χ2n) is 6.14. The molecule has 23 heavy (non-hydrogen) atoms. The molecule has 0 saturated carbocycles. The third kappa shape index (κ3) is 18.4. The van der Waals surface area contributed by atoms with Crippen molar-refractivity contribution in [3.8, 4) is 0 Å². The number of methoxy groups -OCH3 is 1. The fourth-order valence-electron chi connectivity index (χ4n) is 1.65. The Morgan fingerprint density at radius 2 is 1.35 bits per heavy atom. The summed E-state index contributed by atoms with van der Waals surface area (Å²) in [6, 6.07) is 0. The summed E-state index contributed by atoms with van der Waals surface area (Å²) in [5, 5.41) is 0. The van der Waals surface area contributed by atoms with Crippen LogP contribution in [0.3, 0.4) is 0 Å². The van der Waals surface area contributed by atoms with Gasteiger partial charge in [0.25, 0.3) is 0 Å². The summed E-state index contributed by atoms with van der Waals surface area (Å²) in [4.78, 5) is 21.2. The minimum atomic E-state index is -0.347. The van der Waals surface area contributed by atoms with Gasteiger partial charge in [0.2, 0.25) is 0 Å². The fourth-order valence-corrected chi connectivity index (χ4v) is 1.65. The lowest BCUT2D eigenvalue weighted by molar-refractivity contribution is -0.139. The van der Waals surface area contributed by atoms with Gasteiger partial charge in [0.1, 0.15) is 0 Å². The van der Waals surface area contributed by atoms with Gasteiger partial charge in [-0.25, -0.2) is 9.59 Å². The minimum absolute atomic E-state index is 0.264. The Morgan fingerprint density at radius 1 is 0.870 bits per heavy atom. The maximum absolute atomic E-state index is 11.0. The Hall–Kier alpha value is -1.58. The van der Waals surface area contributed by atoms with Gasteiger partial charge >= 0.3 is 11.9 Å². The van der Waals surface area contributed by atoms with Crippen molar-refractivity contribution in [3.05, 3.63) is 24.3 Å². The Bertz CT molecular complexity index is 370. The van der Waals surface area contributed by atoms with E-state index in [-0.39, 0.29) is 11.9 Å². The molecule has 0 aromatic carbocycles. The van der Waals surface area contributed by atoms with Crippen molar-refractivity contribution in [2.45, 2.75) is 66.2 Å². The summed E-state index contributed by atoms with van der Waals surface area (Å²) in [6.07, 6.45) is 7.32. The van der Waals surface area contributed by atoms with Crippen LogP contribution in [-0.2, 0) is 19.1 Å². The van der Waals surface area contributed by atoms with Crippen LogP contribution < -0.4 is 0 Å². The highest BCUT2D eigenvalue weighted by atomic mass is 16.5. The van der Waals surface area contributed by atoms with Crippen LogP contribution >= 0.6 is 0 Å². The molecule has 0 aliphatic rings. The first-order valence-corrected chi connectivity index (χ1v) is 8.28. The molecule has 0 aliphatic carbocycles. The van der Waals surface area contributed by atoms with Crippen molar-refractivity contribution in [1.29, 1.82) is 0 Å². The van der Waals surface area contributed by atoms with E-state index in [0.29, 0.717) is 17.8 Å². The normalized spacial score (nSPS) is 9.65. The lowest BCUT2D eigenvalue weighted by atomic mass is 10.0. The van der Waals surface area contributed by atoms with Gasteiger partial charge in [0.15, 0.2) is 0 Å². The first-order valence-electron chi connectivity index (χ1n) is 8.28. The monoisotopic (exact) mass is 326 g/mol. The molecule has 0 aromatic rings. The Labute approximate surface area is 141 Å². The topological polar surface area (TPSA) is 52.6 Å². The Balaban J connectivity index is 0. The fraction of sp³-hybridized carbons (Fsp3) is 0.684. The zero-order valence-electron chi connectivity index (χ0n) is 15.6. The van der Waals surface area contributed by atoms with Crippen LogP contribution in [0.2, 0.25) is 0 Å². The molecule has 0 unspecified atom stereocenters. The molecule has 0 heterocycles. The van der Waals surface area contributed by atoms with Crippen LogP contribution in [0.5, 0.6) is 0 Å². The van der Waals surface area contributed by atoms with Crippen molar-refractivity contribution in [2.75, 3.05) is 13.7 Å². The van der Waals surface area contributed by atoms with E-state index in [1.54, 1.807) is 13.8 Å². The summed E-state index contributed by atoms with van der Waals surface area (Å²) in [5.41, 5.74) is 0.916. The summed E-state index contributed by atoms with van der Waals surface area (Å²) >= 11 is 0. The van der Waals surface area contributed by atoms with Crippen LogP contribution in [0.25, 0.3) is 0 Å². The highest BCUT2D eigenvalue weighted by Gasteiger charge is 2.01. The smallest absolute Gasteiger partial charge is 0.333 e. The predicted octanol–water partition coefficient (Wildman–Crippen LogP) is 4.84. The number of carbonyl (C=O) groups excluding carboxylic acids is 2. The van der Waals surface area contributed by atoms with Gasteiger partial charge in [-0.3, -0.25) is 0 Å². The van der Waals surface area contributed by atoms with Crippen molar-refractivity contribution in [3.63, 3.8) is 0 Å². The summed E-state index contributed by atoms with van der Waals surface area (Å²) in [7, 11) is 1.33. The maximum atomic E-state index is 11.0. The average Bonchev–Trinajstić information content (AvgIpc) is 2.48. The molecule has 0 bridgehead atoms. The van der Waals surface area contributed by atoms with Crippen LogP contribution in [0.15, 0.2) is 24.3 Å². The molecular formula is C19H34O4. The summed E-state index contributed by atoms with van der Waals surface area (Å²) in [6.45, 7) is 15.2. The molecular weight excluding hydrogens is 292 g/mol. The highest BCUT2D eigenvalue weighted by molar-refractivity contribution is 5.87. The van der Waals surface area contributed by atoms with Gasteiger partial charge in [0, 0.05) is 11.1 Å². The minimum Gasteiger partial charge on any atom is -0.466 e. The molecule has 0 radical (unpaired) electrons. The highest BCUT2D eigenvalue weighted by Crippen LogP contribution is 2.10. The van der Waals surface area contributed by atoms with Gasteiger partial charge in [-0.15, -0.1) is 0 Å². The van der Waals surface area contributed by atoms with Crippen molar-refractivity contribution >= 4 is 11.9 Å². The molecule has 0 rings (SSSR count). The molecule has 0 atom stereocenters. The van der Waals surface area contributed by atoms with Crippen LogP contribution in [0.4, 0.5) is 0 Å². The van der Waals surface area contributed by atoms with Crippen molar-refractivity contribution in [2.24, 2.45) is 5.92 Å². The van der Waals surface area contributed by atoms with E-state index < -0.39 is 0 Å². The molecule has 0 aliphatic heterocycles. The average molecular weight is 326 g/mol. The molecule has 0 saturated heterocycles. The zero-order valence-corrected chi connectivity index (χ0v) is 15.6. The number of esters is 2. The van der Waals surface area contributed by atoms with E-state index in [2.05, 4.69) is 31.7 Å². The van der Waals surface area contributed by atoms with Crippen molar-refractivity contribution < 1.29 is 19.1 Å². The van der Waals surface area contributed by atoms with Crippen LogP contribution in [-0.4, -0.2) is 25.7 Å². The van der Waals surface area contributed by atoms with E-state index in [1.165, 1.54) is 32.8 Å². The van der Waals surface area contributed by atoms with Gasteiger partial charge in [-0.05, 0) is 26.2 Å². The van der Waals surface area contributed by atoms with Crippen LogP contribution in [0.1, 0.15) is 66.2 Å². The third-order valence-corrected chi connectivity index (χ3v) is 3.04. The van der Waals surface area contributed by atoms with E-state index >= 15 is 0 Å². The standard InChI is InChI=1S/C14H26O2.C5H8O2/c1-12(2)10-8-6-5-7-9-11-16-14(15)13(3)4;1-4(2)5(6)7-3/h12H,3,5-11H2,1-2,4H3;1H2,2-3H3. The number of unbranched alkanes of at least 4 members (excludes halogenated alkanes) is 4. The van der Waals surface area contributed by atoms with E-state index in [9.17, 15) is 9.59 Å². The van der Waals surface area contributed by atoms with Gasteiger partial charge < -0.3 is 9.47 Å². The van der Waals surface area contributed by atoms with Gasteiger partial charge in [0.05, 0.1) is 13.7 Å². The Kier molecular flexibility index (Phi) is 15.8. The molecule has 0 N–H and O–H groups in total. The summed E-state index contributed by atoms with van der Waals surface area (Å²) in [5.74, 6) is 0.205. The number of ether oxygens (including phenoxy) is 2. The van der Waals surface area contributed by atoms with Crippen LogP contribution in [0, 0.1) is 5.92 Å². The molecule has 0 fully saturated rings. The lowest BCUT2D eigenvalue weighted by Gasteiger charge is -2.05. The third-order valence-electron chi connectivity index (χ3n) is 3.04. The molecule has 134 valence electrons. The molecule has 4 heteroatoms. The lowest BCUT2D eigenvalue weighted by Crippen LogP contribution is -2.05. The molecule has 0 amide bonds. The number of hydrogen-bond donors (Lipinski definition) is 0. The maximum Gasteiger partial charge on any atom is 0.333 e. The van der Waals surface area contributed by atoms with Crippen molar-refractivity contribution in [1.82, 2.24) is 0 Å².